The Kier molecular flexibility index (Phi) is 9.71. The average Bonchev–Trinajstić information content (AvgIpc) is 3.85. The first-order valence-corrected chi connectivity index (χ1v) is 23.8. The predicted molar refractivity (Wildman–Crippen MR) is 273 cm³/mol. The van der Waals surface area contributed by atoms with Crippen LogP contribution in [0, 0.1) is 5.92 Å². The molecule has 1 heterocycles. The van der Waals surface area contributed by atoms with Gasteiger partial charge in [0.2, 0.25) is 0 Å². The van der Waals surface area contributed by atoms with Gasteiger partial charge in [-0.25, -0.2) is 0 Å². The van der Waals surface area contributed by atoms with E-state index in [1.807, 2.05) is 12.1 Å². The van der Waals surface area contributed by atoms with Crippen molar-refractivity contribution in [2.75, 3.05) is 0 Å². The summed E-state index contributed by atoms with van der Waals surface area (Å²) < 4.78 is 6.15. The summed E-state index contributed by atoms with van der Waals surface area (Å²) in [6.07, 6.45) is 10.2. The molecule has 1 heteroatoms. The molecule has 9 aromatic rings. The molecule has 0 fully saturated rings. The smallest absolute Gasteiger partial charge is 0.135 e. The molecule has 0 saturated carbocycles. The number of allylic oxidation sites excluding steroid dienone is 4. The van der Waals surface area contributed by atoms with Gasteiger partial charge in [0.15, 0.2) is 0 Å². The first-order chi connectivity index (χ1) is 31.9. The van der Waals surface area contributed by atoms with E-state index in [4.69, 9.17) is 4.42 Å². The van der Waals surface area contributed by atoms with Crippen molar-refractivity contribution >= 4 is 27.5 Å². The van der Waals surface area contributed by atoms with Gasteiger partial charge in [0.25, 0.3) is 0 Å². The molecule has 8 aromatic carbocycles. The van der Waals surface area contributed by atoms with Gasteiger partial charge in [-0.15, -0.1) is 0 Å². The fourth-order valence-electron chi connectivity index (χ4n) is 11.8. The Morgan fingerprint density at radius 2 is 1.18 bits per heavy atom. The van der Waals surface area contributed by atoms with E-state index in [1.165, 1.54) is 77.9 Å². The number of furan rings is 1. The zero-order chi connectivity index (χ0) is 43.6. The van der Waals surface area contributed by atoms with Crippen LogP contribution in [0.1, 0.15) is 96.4 Å². The van der Waals surface area contributed by atoms with E-state index in [9.17, 15) is 0 Å². The summed E-state index contributed by atoms with van der Waals surface area (Å²) in [5, 5.41) is 2.32. The van der Waals surface area contributed by atoms with Crippen LogP contribution in [0.25, 0.3) is 60.9 Å². The molecule has 1 aromatic heterocycles. The third-order valence-corrected chi connectivity index (χ3v) is 15.5. The van der Waals surface area contributed by atoms with Gasteiger partial charge in [-0.1, -0.05) is 197 Å². The van der Waals surface area contributed by atoms with Gasteiger partial charge >= 0.3 is 0 Å². The fraction of sp³-hybridized carbons (Fsp3) is 0.188. The molecule has 0 radical (unpaired) electrons. The lowest BCUT2D eigenvalue weighted by Gasteiger charge is -2.35. The minimum atomic E-state index is -0.0474. The molecule has 12 rings (SSSR count). The van der Waals surface area contributed by atoms with Gasteiger partial charge in [-0.3, -0.25) is 0 Å². The lowest BCUT2D eigenvalue weighted by molar-refractivity contribution is 0.512. The molecule has 3 aliphatic rings. The SMILES string of the molecule is CC(c1ccc(-c2ccc(CCC(c3ccc(-c4ccc5oc6ccccc6c5c4)cc3)c3ccc4c(c3)C(C)(C)c3ccccc3-4)cc2)cc1)[C@H]1Cc2ccccc2C2=C1C=CCC2. The second kappa shape index (κ2) is 15.9. The van der Waals surface area contributed by atoms with E-state index in [-0.39, 0.29) is 11.3 Å². The van der Waals surface area contributed by atoms with Gasteiger partial charge in [0, 0.05) is 22.1 Å². The Hall–Kier alpha value is -6.96. The highest BCUT2D eigenvalue weighted by Gasteiger charge is 2.36. The standard InChI is InChI=1S/C64H54O/c1-41(58-39-49-12-4-5-13-52(49)53-14-6-7-15-54(53)58)43-25-27-45(28-26-43)44-23-20-42(21-24-44)22-35-51(50-33-36-56-55-16-8-10-18-60(55)64(2,3)61(56)40-50)47-31-29-46(30-32-47)48-34-37-63-59(38-48)57-17-9-11-19-62(57)65-63/h4-5,7-13,15-21,23-34,36-38,40-41,51,58H,6,14,22,35,39H2,1-3H3/t41?,51?,58-/m1/s1. The van der Waals surface area contributed by atoms with Gasteiger partial charge in [-0.2, -0.15) is 0 Å². The van der Waals surface area contributed by atoms with E-state index in [2.05, 4.69) is 203 Å². The summed E-state index contributed by atoms with van der Waals surface area (Å²) in [5.41, 5.74) is 24.0. The van der Waals surface area contributed by atoms with Crippen LogP contribution >= 0.6 is 0 Å². The number of hydrogen-bond acceptors (Lipinski definition) is 1. The van der Waals surface area contributed by atoms with Crippen molar-refractivity contribution in [1.29, 1.82) is 0 Å². The molecule has 3 aliphatic carbocycles. The Morgan fingerprint density at radius 1 is 0.554 bits per heavy atom. The zero-order valence-corrected chi connectivity index (χ0v) is 37.7. The first-order valence-electron chi connectivity index (χ1n) is 23.8. The van der Waals surface area contributed by atoms with Crippen molar-refractivity contribution in [3.8, 4) is 33.4 Å². The number of rotatable bonds is 9. The highest BCUT2D eigenvalue weighted by atomic mass is 16.3. The largest absolute Gasteiger partial charge is 0.456 e. The quantitative estimate of drug-likeness (QED) is 0.141. The highest BCUT2D eigenvalue weighted by Crippen LogP contribution is 2.50. The molecule has 0 N–H and O–H groups in total. The van der Waals surface area contributed by atoms with Crippen LogP contribution in [-0.4, -0.2) is 0 Å². The van der Waals surface area contributed by atoms with Gasteiger partial charge in [-0.05, 0) is 151 Å². The van der Waals surface area contributed by atoms with Crippen molar-refractivity contribution < 1.29 is 4.42 Å². The van der Waals surface area contributed by atoms with Crippen molar-refractivity contribution in [3.05, 3.63) is 244 Å². The molecule has 0 amide bonds. The lowest BCUT2D eigenvalue weighted by Crippen LogP contribution is -2.22. The van der Waals surface area contributed by atoms with Crippen molar-refractivity contribution in [2.24, 2.45) is 5.92 Å². The van der Waals surface area contributed by atoms with Gasteiger partial charge in [0.05, 0.1) is 0 Å². The van der Waals surface area contributed by atoms with Crippen molar-refractivity contribution in [1.82, 2.24) is 0 Å². The predicted octanol–water partition coefficient (Wildman–Crippen LogP) is 17.1. The summed E-state index contributed by atoms with van der Waals surface area (Å²) in [6, 6.07) is 68.4. The molecule has 3 atom stereocenters. The number of fused-ring (bicyclic) bond motifs is 8. The van der Waals surface area contributed by atoms with Gasteiger partial charge in [0.1, 0.15) is 11.2 Å². The normalized spacial score (nSPS) is 16.8. The van der Waals surface area contributed by atoms with Gasteiger partial charge < -0.3 is 4.42 Å². The Bertz CT molecular complexity index is 3320. The van der Waals surface area contributed by atoms with E-state index >= 15 is 0 Å². The topological polar surface area (TPSA) is 13.1 Å². The van der Waals surface area contributed by atoms with E-state index in [1.54, 1.807) is 11.1 Å². The van der Waals surface area contributed by atoms with Crippen molar-refractivity contribution in [3.63, 3.8) is 0 Å². The third kappa shape index (κ3) is 6.92. The van der Waals surface area contributed by atoms with Crippen LogP contribution in [0.15, 0.2) is 204 Å². The third-order valence-electron chi connectivity index (χ3n) is 15.5. The fourth-order valence-corrected chi connectivity index (χ4v) is 11.8. The molecule has 0 saturated heterocycles. The monoisotopic (exact) mass is 838 g/mol. The number of para-hydroxylation sites is 1. The second-order valence-corrected chi connectivity index (χ2v) is 19.4. The van der Waals surface area contributed by atoms with Crippen LogP contribution < -0.4 is 0 Å². The summed E-state index contributed by atoms with van der Waals surface area (Å²) in [5.74, 6) is 1.19. The Balaban J connectivity index is 0.804. The first kappa shape index (κ1) is 39.6. The minimum Gasteiger partial charge on any atom is -0.456 e. The van der Waals surface area contributed by atoms with Crippen LogP contribution in [0.5, 0.6) is 0 Å². The average molecular weight is 839 g/mol. The molecule has 65 heavy (non-hydrogen) atoms. The maximum absolute atomic E-state index is 6.15. The zero-order valence-electron chi connectivity index (χ0n) is 37.7. The second-order valence-electron chi connectivity index (χ2n) is 19.4. The number of aryl methyl sites for hydroxylation is 1. The van der Waals surface area contributed by atoms with E-state index in [0.717, 1.165) is 54.0 Å². The maximum Gasteiger partial charge on any atom is 0.135 e. The van der Waals surface area contributed by atoms with E-state index < -0.39 is 0 Å². The van der Waals surface area contributed by atoms with Crippen molar-refractivity contribution in [2.45, 2.75) is 70.1 Å². The molecule has 0 aliphatic heterocycles. The number of hydrogen-bond donors (Lipinski definition) is 0. The maximum atomic E-state index is 6.15. The molecular weight excluding hydrogens is 785 g/mol. The van der Waals surface area contributed by atoms with Crippen LogP contribution in [0.3, 0.4) is 0 Å². The molecule has 316 valence electrons. The molecule has 1 nitrogen and oxygen atoms in total. The number of benzene rings is 8. The molecule has 0 spiro atoms. The summed E-state index contributed by atoms with van der Waals surface area (Å²) in [4.78, 5) is 0. The minimum absolute atomic E-state index is 0.0474. The summed E-state index contributed by atoms with van der Waals surface area (Å²) in [7, 11) is 0. The molecular formula is C64H54O. The molecule has 2 unspecified atom stereocenters. The Morgan fingerprint density at radius 3 is 2.00 bits per heavy atom. The van der Waals surface area contributed by atoms with Crippen LogP contribution in [-0.2, 0) is 18.3 Å². The van der Waals surface area contributed by atoms with E-state index in [0.29, 0.717) is 11.8 Å². The molecule has 0 bridgehead atoms. The Labute approximate surface area is 383 Å². The summed E-state index contributed by atoms with van der Waals surface area (Å²) >= 11 is 0. The van der Waals surface area contributed by atoms with Crippen LogP contribution in [0.4, 0.5) is 0 Å². The summed E-state index contributed by atoms with van der Waals surface area (Å²) in [6.45, 7) is 7.21. The highest BCUT2D eigenvalue weighted by molar-refractivity contribution is 6.06. The van der Waals surface area contributed by atoms with Crippen LogP contribution in [0.2, 0.25) is 0 Å². The lowest BCUT2D eigenvalue weighted by atomic mass is 9.69.